The van der Waals surface area contributed by atoms with E-state index in [0.717, 1.165) is 38.1 Å². The molecule has 1 aromatic heterocycles. The molecule has 1 fully saturated rings. The minimum absolute atomic E-state index is 0.0361. The largest absolute Gasteiger partial charge is 0.416 e. The molecule has 0 saturated carbocycles. The Hall–Kier alpha value is -2.55. The molecular weight excluding hydrogens is 391 g/mol. The maximum absolute atomic E-state index is 13.1. The van der Waals surface area contributed by atoms with Crippen LogP contribution in [0.2, 0.25) is 0 Å². The number of hydrogen-bond donors (Lipinski definition) is 2. The van der Waals surface area contributed by atoms with E-state index in [1.54, 1.807) is 16.8 Å². The smallest absolute Gasteiger partial charge is 0.370 e. The van der Waals surface area contributed by atoms with Gasteiger partial charge in [0.15, 0.2) is 0 Å². The number of hydrogen-bond acceptors (Lipinski definition) is 4. The van der Waals surface area contributed by atoms with Crippen molar-refractivity contribution in [2.75, 3.05) is 29.9 Å². The van der Waals surface area contributed by atoms with Crippen molar-refractivity contribution in [3.8, 4) is 0 Å². The lowest BCUT2D eigenvalue weighted by atomic mass is 10.1. The number of benzene rings is 1. The molecule has 2 heterocycles. The standard InChI is InChI=1S/C19H20F3N3O2S/c20-19(21,22)14-3-4-16(25-8-1-2-9-25)15(11-14)24-17(26)5-7-23-18(27)13-6-10-28-12-13/h3-4,6,10-12H,1-2,5,7-9H2,(H,23,27)(H,24,26). The molecule has 0 bridgehead atoms. The van der Waals surface area contributed by atoms with E-state index in [0.29, 0.717) is 11.3 Å². The van der Waals surface area contributed by atoms with Crippen LogP contribution in [0.25, 0.3) is 0 Å². The van der Waals surface area contributed by atoms with E-state index in [2.05, 4.69) is 10.6 Å². The van der Waals surface area contributed by atoms with Crippen LogP contribution in [0.1, 0.15) is 35.2 Å². The number of halogens is 3. The topological polar surface area (TPSA) is 61.4 Å². The quantitative estimate of drug-likeness (QED) is 0.752. The first-order valence-electron chi connectivity index (χ1n) is 8.91. The fraction of sp³-hybridized carbons (Fsp3) is 0.368. The number of nitrogens with zero attached hydrogens (tertiary/aromatic N) is 1. The molecule has 0 aliphatic carbocycles. The third-order valence-electron chi connectivity index (χ3n) is 4.47. The molecule has 28 heavy (non-hydrogen) atoms. The molecule has 3 rings (SSSR count). The molecule has 0 spiro atoms. The summed E-state index contributed by atoms with van der Waals surface area (Å²) in [6, 6.07) is 5.08. The van der Waals surface area contributed by atoms with Crippen LogP contribution in [-0.2, 0) is 11.0 Å². The Morgan fingerprint density at radius 1 is 1.14 bits per heavy atom. The molecule has 1 saturated heterocycles. The van der Waals surface area contributed by atoms with Crippen molar-refractivity contribution in [2.45, 2.75) is 25.4 Å². The summed E-state index contributed by atoms with van der Waals surface area (Å²) in [5.41, 5.74) is 0.433. The molecule has 2 aromatic rings. The predicted molar refractivity (Wildman–Crippen MR) is 103 cm³/mol. The Kier molecular flexibility index (Phi) is 6.23. The van der Waals surface area contributed by atoms with Gasteiger partial charge in [-0.15, -0.1) is 0 Å². The number of carbonyl (C=O) groups is 2. The second kappa shape index (κ2) is 8.64. The van der Waals surface area contributed by atoms with E-state index >= 15 is 0 Å². The fourth-order valence-electron chi connectivity index (χ4n) is 3.04. The highest BCUT2D eigenvalue weighted by atomic mass is 32.1. The molecule has 2 amide bonds. The van der Waals surface area contributed by atoms with Gasteiger partial charge in [0.2, 0.25) is 5.91 Å². The number of alkyl halides is 3. The van der Waals surface area contributed by atoms with E-state index in [4.69, 9.17) is 0 Å². The van der Waals surface area contributed by atoms with Crippen LogP contribution in [0.15, 0.2) is 35.0 Å². The van der Waals surface area contributed by atoms with Gasteiger partial charge in [-0.2, -0.15) is 24.5 Å². The van der Waals surface area contributed by atoms with Crippen LogP contribution in [0, 0.1) is 0 Å². The van der Waals surface area contributed by atoms with Gasteiger partial charge in [0.25, 0.3) is 5.91 Å². The molecule has 9 heteroatoms. The van der Waals surface area contributed by atoms with Crippen molar-refractivity contribution in [3.63, 3.8) is 0 Å². The van der Waals surface area contributed by atoms with Crippen molar-refractivity contribution in [3.05, 3.63) is 46.2 Å². The third-order valence-corrected chi connectivity index (χ3v) is 5.15. The Morgan fingerprint density at radius 3 is 2.54 bits per heavy atom. The Morgan fingerprint density at radius 2 is 1.89 bits per heavy atom. The van der Waals surface area contributed by atoms with Crippen LogP contribution in [0.4, 0.5) is 24.5 Å². The molecule has 150 valence electrons. The zero-order valence-corrected chi connectivity index (χ0v) is 15.8. The number of nitrogens with one attached hydrogen (secondary N) is 2. The lowest BCUT2D eigenvalue weighted by Crippen LogP contribution is -2.28. The molecule has 5 nitrogen and oxygen atoms in total. The first kappa shape index (κ1) is 20.2. The highest BCUT2D eigenvalue weighted by Gasteiger charge is 2.32. The summed E-state index contributed by atoms with van der Waals surface area (Å²) in [6.45, 7) is 1.58. The van der Waals surface area contributed by atoms with Crippen molar-refractivity contribution in [1.82, 2.24) is 5.32 Å². The molecule has 1 aromatic carbocycles. The summed E-state index contributed by atoms with van der Waals surface area (Å²) in [4.78, 5) is 26.1. The lowest BCUT2D eigenvalue weighted by Gasteiger charge is -2.23. The van der Waals surface area contributed by atoms with Gasteiger partial charge >= 0.3 is 6.18 Å². The monoisotopic (exact) mass is 411 g/mol. The van der Waals surface area contributed by atoms with Gasteiger partial charge in [-0.05, 0) is 42.5 Å². The maximum Gasteiger partial charge on any atom is 0.416 e. The highest BCUT2D eigenvalue weighted by molar-refractivity contribution is 7.08. The van der Waals surface area contributed by atoms with Crippen LogP contribution < -0.4 is 15.5 Å². The molecule has 1 aliphatic heterocycles. The van der Waals surface area contributed by atoms with Gasteiger partial charge < -0.3 is 15.5 Å². The molecule has 1 aliphatic rings. The minimum Gasteiger partial charge on any atom is -0.370 e. The summed E-state index contributed by atoms with van der Waals surface area (Å²) in [5.74, 6) is -0.740. The van der Waals surface area contributed by atoms with Crippen molar-refractivity contribution in [2.24, 2.45) is 0 Å². The normalized spacial score (nSPS) is 14.2. The van der Waals surface area contributed by atoms with Gasteiger partial charge in [-0.1, -0.05) is 0 Å². The average molecular weight is 411 g/mol. The molecular formula is C19H20F3N3O2S. The van der Waals surface area contributed by atoms with E-state index in [9.17, 15) is 22.8 Å². The second-order valence-electron chi connectivity index (χ2n) is 6.49. The first-order valence-corrected chi connectivity index (χ1v) is 9.85. The highest BCUT2D eigenvalue weighted by Crippen LogP contribution is 2.36. The number of thiophene rings is 1. The molecule has 0 unspecified atom stereocenters. The second-order valence-corrected chi connectivity index (χ2v) is 7.27. The number of rotatable bonds is 6. The summed E-state index contributed by atoms with van der Waals surface area (Å²) in [5, 5.41) is 8.67. The van der Waals surface area contributed by atoms with Gasteiger partial charge in [0, 0.05) is 37.0 Å². The number of anilines is 2. The van der Waals surface area contributed by atoms with Gasteiger partial charge in [-0.3, -0.25) is 9.59 Å². The fourth-order valence-corrected chi connectivity index (χ4v) is 3.68. The van der Waals surface area contributed by atoms with Crippen LogP contribution in [0.5, 0.6) is 0 Å². The lowest BCUT2D eigenvalue weighted by molar-refractivity contribution is -0.137. The summed E-state index contributed by atoms with van der Waals surface area (Å²) in [7, 11) is 0. The zero-order valence-electron chi connectivity index (χ0n) is 15.0. The molecule has 0 radical (unpaired) electrons. The Balaban J connectivity index is 1.65. The van der Waals surface area contributed by atoms with Crippen molar-refractivity contribution in [1.29, 1.82) is 0 Å². The number of amides is 2. The summed E-state index contributed by atoms with van der Waals surface area (Å²) >= 11 is 1.39. The third kappa shape index (κ3) is 5.03. The van der Waals surface area contributed by atoms with E-state index in [1.807, 2.05) is 4.90 Å². The van der Waals surface area contributed by atoms with Gasteiger partial charge in [0.05, 0.1) is 16.9 Å². The molecule has 0 atom stereocenters. The van der Waals surface area contributed by atoms with Gasteiger partial charge in [0.1, 0.15) is 0 Å². The van der Waals surface area contributed by atoms with Crippen LogP contribution >= 0.6 is 11.3 Å². The maximum atomic E-state index is 13.1. The Bertz CT molecular complexity index is 831. The van der Waals surface area contributed by atoms with E-state index in [1.165, 1.54) is 17.4 Å². The predicted octanol–water partition coefficient (Wildman–Crippen LogP) is 4.13. The zero-order chi connectivity index (χ0) is 20.1. The Labute approximate surface area is 164 Å². The van der Waals surface area contributed by atoms with Crippen LogP contribution in [-0.4, -0.2) is 31.4 Å². The van der Waals surface area contributed by atoms with Crippen molar-refractivity contribution >= 4 is 34.5 Å². The van der Waals surface area contributed by atoms with E-state index < -0.39 is 17.6 Å². The van der Waals surface area contributed by atoms with Crippen LogP contribution in [0.3, 0.4) is 0 Å². The SMILES string of the molecule is O=C(CCNC(=O)c1ccsc1)Nc1cc(C(F)(F)F)ccc1N1CCCC1. The van der Waals surface area contributed by atoms with Gasteiger partial charge in [-0.25, -0.2) is 0 Å². The minimum atomic E-state index is -4.49. The van der Waals surface area contributed by atoms with Crippen molar-refractivity contribution < 1.29 is 22.8 Å². The average Bonchev–Trinajstić information content (AvgIpc) is 3.35. The summed E-state index contributed by atoms with van der Waals surface area (Å²) in [6.07, 6.45) is -2.60. The summed E-state index contributed by atoms with van der Waals surface area (Å²) < 4.78 is 39.2. The molecule has 2 N–H and O–H groups in total. The first-order chi connectivity index (χ1) is 13.3. The number of carbonyl (C=O) groups excluding carboxylic acids is 2. The van der Waals surface area contributed by atoms with E-state index in [-0.39, 0.29) is 24.6 Å².